The highest BCUT2D eigenvalue weighted by Crippen LogP contribution is 2.35. The summed E-state index contributed by atoms with van der Waals surface area (Å²) in [4.78, 5) is 28.5. The first-order valence-corrected chi connectivity index (χ1v) is 9.78. The maximum Gasteiger partial charge on any atom is 0.269 e. The van der Waals surface area contributed by atoms with Crippen molar-refractivity contribution in [1.82, 2.24) is 4.98 Å². The predicted octanol–water partition coefficient (Wildman–Crippen LogP) is 5.92. The Morgan fingerprint density at radius 1 is 1.00 bits per heavy atom. The van der Waals surface area contributed by atoms with Gasteiger partial charge in [0.05, 0.1) is 21.7 Å². The summed E-state index contributed by atoms with van der Waals surface area (Å²) >= 11 is 7.60. The number of hydrogen-bond acceptors (Lipinski definition) is 5. The molecule has 5 nitrogen and oxygen atoms in total. The molecule has 0 radical (unpaired) electrons. The van der Waals surface area contributed by atoms with Crippen LogP contribution < -0.4 is 0 Å². The third kappa shape index (κ3) is 3.56. The van der Waals surface area contributed by atoms with Gasteiger partial charge in [0.25, 0.3) is 5.69 Å². The van der Waals surface area contributed by atoms with Crippen molar-refractivity contribution in [3.8, 4) is 0 Å². The second kappa shape index (κ2) is 7.58. The van der Waals surface area contributed by atoms with Crippen molar-refractivity contribution in [2.24, 2.45) is 0 Å². The van der Waals surface area contributed by atoms with Crippen LogP contribution in [0.15, 0.2) is 71.6 Å². The van der Waals surface area contributed by atoms with E-state index in [4.69, 9.17) is 11.6 Å². The van der Waals surface area contributed by atoms with Gasteiger partial charge in [-0.1, -0.05) is 29.8 Å². The lowest BCUT2D eigenvalue weighted by atomic mass is 10.1. The van der Waals surface area contributed by atoms with Crippen molar-refractivity contribution in [2.45, 2.75) is 4.90 Å². The van der Waals surface area contributed by atoms with E-state index in [1.807, 2.05) is 36.4 Å². The van der Waals surface area contributed by atoms with Crippen LogP contribution in [0, 0.1) is 10.1 Å². The van der Waals surface area contributed by atoms with Crippen LogP contribution in [0.25, 0.3) is 21.8 Å². The van der Waals surface area contributed by atoms with Gasteiger partial charge in [-0.2, -0.15) is 0 Å². The molecule has 0 aliphatic carbocycles. The molecular formula is C21H13ClN2O3S. The number of carbonyl (C=O) groups is 1. The second-order valence-corrected chi connectivity index (χ2v) is 7.56. The number of non-ortho nitro benzene ring substituents is 1. The zero-order valence-corrected chi connectivity index (χ0v) is 16.0. The van der Waals surface area contributed by atoms with E-state index in [2.05, 4.69) is 4.98 Å². The molecule has 138 valence electrons. The molecule has 1 aromatic heterocycles. The highest BCUT2D eigenvalue weighted by atomic mass is 35.5. The van der Waals surface area contributed by atoms with Crippen molar-refractivity contribution in [2.75, 3.05) is 5.75 Å². The average Bonchev–Trinajstić information content (AvgIpc) is 2.71. The van der Waals surface area contributed by atoms with Gasteiger partial charge >= 0.3 is 0 Å². The molecule has 0 atom stereocenters. The van der Waals surface area contributed by atoms with Gasteiger partial charge in [-0.05, 0) is 36.4 Å². The number of nitro groups is 1. The summed E-state index contributed by atoms with van der Waals surface area (Å²) in [5, 5.41) is 13.2. The molecule has 0 aliphatic heterocycles. The Bertz CT molecular complexity index is 1230. The Balaban J connectivity index is 1.69. The number of rotatable bonds is 5. The molecule has 0 bridgehead atoms. The van der Waals surface area contributed by atoms with Crippen molar-refractivity contribution < 1.29 is 9.72 Å². The Morgan fingerprint density at radius 3 is 2.46 bits per heavy atom. The molecule has 0 saturated heterocycles. The fourth-order valence-corrected chi connectivity index (χ4v) is 4.23. The van der Waals surface area contributed by atoms with E-state index in [1.165, 1.54) is 36.0 Å². The first-order chi connectivity index (χ1) is 13.5. The van der Waals surface area contributed by atoms with Gasteiger partial charge < -0.3 is 0 Å². The Hall–Kier alpha value is -2.96. The summed E-state index contributed by atoms with van der Waals surface area (Å²) in [6.45, 7) is 0. The SMILES string of the molecule is O=C(CSc1c2ccccc2nc2ccc(Cl)cc12)c1ccc([N+](=O)[O-])cc1. The van der Waals surface area contributed by atoms with Gasteiger partial charge in [-0.3, -0.25) is 14.9 Å². The number of aromatic nitrogens is 1. The summed E-state index contributed by atoms with van der Waals surface area (Å²) in [6, 6.07) is 18.9. The Morgan fingerprint density at radius 2 is 1.71 bits per heavy atom. The summed E-state index contributed by atoms with van der Waals surface area (Å²) in [5.74, 6) is 0.101. The molecule has 1 heterocycles. The minimum absolute atomic E-state index is 0.0371. The normalized spacial score (nSPS) is 11.0. The van der Waals surface area contributed by atoms with E-state index in [-0.39, 0.29) is 17.2 Å². The number of thioether (sulfide) groups is 1. The molecule has 3 aromatic carbocycles. The van der Waals surface area contributed by atoms with E-state index < -0.39 is 4.92 Å². The van der Waals surface area contributed by atoms with Crippen molar-refractivity contribution in [1.29, 1.82) is 0 Å². The molecule has 0 spiro atoms. The van der Waals surface area contributed by atoms with Crippen LogP contribution in [-0.2, 0) is 0 Å². The minimum atomic E-state index is -0.484. The molecule has 0 N–H and O–H groups in total. The number of Topliss-reactive ketones (excluding diaryl/α,β-unsaturated/α-hetero) is 1. The predicted molar refractivity (Wildman–Crippen MR) is 112 cm³/mol. The molecule has 28 heavy (non-hydrogen) atoms. The third-order valence-electron chi connectivity index (χ3n) is 4.34. The number of carbonyl (C=O) groups excluding carboxylic acids is 1. The molecule has 7 heteroatoms. The first kappa shape index (κ1) is 18.4. The summed E-state index contributed by atoms with van der Waals surface area (Å²) < 4.78 is 0. The summed E-state index contributed by atoms with van der Waals surface area (Å²) in [6.07, 6.45) is 0. The largest absolute Gasteiger partial charge is 0.293 e. The third-order valence-corrected chi connectivity index (χ3v) is 5.71. The van der Waals surface area contributed by atoms with Gasteiger partial charge in [-0.25, -0.2) is 4.98 Å². The number of nitro benzene ring substituents is 1. The van der Waals surface area contributed by atoms with Crippen molar-refractivity contribution in [3.05, 3.63) is 87.4 Å². The van der Waals surface area contributed by atoms with Gasteiger partial charge in [0.1, 0.15) is 0 Å². The topological polar surface area (TPSA) is 73.1 Å². The number of para-hydroxylation sites is 1. The van der Waals surface area contributed by atoms with Crippen LogP contribution in [0.5, 0.6) is 0 Å². The van der Waals surface area contributed by atoms with E-state index in [9.17, 15) is 14.9 Å². The van der Waals surface area contributed by atoms with Crippen molar-refractivity contribution in [3.63, 3.8) is 0 Å². The average molecular weight is 409 g/mol. The first-order valence-electron chi connectivity index (χ1n) is 8.41. The number of halogens is 1. The highest BCUT2D eigenvalue weighted by molar-refractivity contribution is 8.00. The molecule has 0 saturated carbocycles. The lowest BCUT2D eigenvalue weighted by Gasteiger charge is -2.10. The van der Waals surface area contributed by atoms with Gasteiger partial charge in [-0.15, -0.1) is 11.8 Å². The van der Waals surface area contributed by atoms with E-state index >= 15 is 0 Å². The van der Waals surface area contributed by atoms with Gasteiger partial charge in [0, 0.05) is 38.4 Å². The number of fused-ring (bicyclic) bond motifs is 2. The zero-order valence-electron chi connectivity index (χ0n) is 14.5. The second-order valence-electron chi connectivity index (χ2n) is 6.14. The molecule has 0 fully saturated rings. The lowest BCUT2D eigenvalue weighted by molar-refractivity contribution is -0.384. The van der Waals surface area contributed by atoms with Crippen LogP contribution in [0.3, 0.4) is 0 Å². The fourth-order valence-electron chi connectivity index (χ4n) is 2.97. The number of benzene rings is 3. The zero-order chi connectivity index (χ0) is 19.7. The molecular weight excluding hydrogens is 396 g/mol. The highest BCUT2D eigenvalue weighted by Gasteiger charge is 2.14. The van der Waals surface area contributed by atoms with E-state index in [0.717, 1.165) is 26.7 Å². The summed E-state index contributed by atoms with van der Waals surface area (Å²) in [5.41, 5.74) is 2.07. The number of hydrogen-bond donors (Lipinski definition) is 0. The standard InChI is InChI=1S/C21H13ClN2O3S/c22-14-7-10-19-17(11-14)21(16-3-1-2-4-18(16)23-19)28-12-20(25)13-5-8-15(9-6-13)24(26)27/h1-11H,12H2. The van der Waals surface area contributed by atoms with Crippen LogP contribution in [0.2, 0.25) is 5.02 Å². The van der Waals surface area contributed by atoms with Crippen LogP contribution in [0.1, 0.15) is 10.4 Å². The summed E-state index contributed by atoms with van der Waals surface area (Å²) in [7, 11) is 0. The monoisotopic (exact) mass is 408 g/mol. The van der Waals surface area contributed by atoms with Gasteiger partial charge in [0.2, 0.25) is 0 Å². The molecule has 4 aromatic rings. The Kier molecular flexibility index (Phi) is 4.98. The number of pyridine rings is 1. The Labute approximate surface area is 169 Å². The van der Waals surface area contributed by atoms with E-state index in [0.29, 0.717) is 10.6 Å². The molecule has 0 aliphatic rings. The van der Waals surface area contributed by atoms with Crippen LogP contribution in [-0.4, -0.2) is 21.4 Å². The van der Waals surface area contributed by atoms with Crippen molar-refractivity contribution >= 4 is 56.6 Å². The molecule has 4 rings (SSSR count). The quantitative estimate of drug-likeness (QED) is 0.135. The fraction of sp³-hybridized carbons (Fsp3) is 0.0476. The number of ketones is 1. The molecule has 0 amide bonds. The van der Waals surface area contributed by atoms with E-state index in [1.54, 1.807) is 6.07 Å². The number of nitrogens with zero attached hydrogens (tertiary/aromatic N) is 2. The smallest absolute Gasteiger partial charge is 0.269 e. The maximum absolute atomic E-state index is 12.6. The lowest BCUT2D eigenvalue weighted by Crippen LogP contribution is -2.03. The molecule has 0 unspecified atom stereocenters. The maximum atomic E-state index is 12.6. The van der Waals surface area contributed by atoms with Crippen LogP contribution >= 0.6 is 23.4 Å². The van der Waals surface area contributed by atoms with Crippen LogP contribution in [0.4, 0.5) is 5.69 Å². The minimum Gasteiger partial charge on any atom is -0.293 e. The van der Waals surface area contributed by atoms with Gasteiger partial charge in [0.15, 0.2) is 5.78 Å².